The van der Waals surface area contributed by atoms with Gasteiger partial charge in [0.15, 0.2) is 0 Å². The van der Waals surface area contributed by atoms with Crippen LogP contribution in [0.4, 0.5) is 0 Å². The molecule has 34 heavy (non-hydrogen) atoms. The summed E-state index contributed by atoms with van der Waals surface area (Å²) < 4.78 is 6.56. The summed E-state index contributed by atoms with van der Waals surface area (Å²) in [5, 5.41) is 15.9. The van der Waals surface area contributed by atoms with Crippen LogP contribution >= 0.6 is 0 Å². The van der Waals surface area contributed by atoms with Gasteiger partial charge >= 0.3 is 0 Å². The van der Waals surface area contributed by atoms with Crippen molar-refractivity contribution in [1.82, 2.24) is 15.5 Å². The average Bonchev–Trinajstić information content (AvgIpc) is 3.38. The number of fused-ring (bicyclic) bond motifs is 1. The molecule has 1 aromatic rings. The lowest BCUT2D eigenvalue weighted by Crippen LogP contribution is -2.58. The molecule has 3 heterocycles. The molecular weight excluding hydrogens is 434 g/mol. The summed E-state index contributed by atoms with van der Waals surface area (Å²) in [5.41, 5.74) is -0.918. The molecule has 2 bridgehead atoms. The van der Waals surface area contributed by atoms with Gasteiger partial charge in [0.1, 0.15) is 11.6 Å². The summed E-state index contributed by atoms with van der Waals surface area (Å²) >= 11 is 0. The first-order chi connectivity index (χ1) is 16.2. The molecule has 3 amide bonds. The maximum Gasteiger partial charge on any atom is 0.246 e. The number of nitrogens with one attached hydrogen (secondary N) is 2. The molecule has 186 valence electrons. The molecule has 3 N–H and O–H groups in total. The third-order valence-electron chi connectivity index (χ3n) is 7.90. The number of amides is 3. The maximum atomic E-state index is 13.8. The van der Waals surface area contributed by atoms with Crippen molar-refractivity contribution in [3.05, 3.63) is 35.9 Å². The molecular formula is C26H37N3O5. The summed E-state index contributed by atoms with van der Waals surface area (Å²) in [5.74, 6) is -2.24. The monoisotopic (exact) mass is 471 g/mol. The van der Waals surface area contributed by atoms with E-state index in [-0.39, 0.29) is 30.4 Å². The van der Waals surface area contributed by atoms with Crippen LogP contribution in [0.15, 0.2) is 30.3 Å². The Balaban J connectivity index is 1.64. The molecule has 3 aliphatic heterocycles. The van der Waals surface area contributed by atoms with Crippen LogP contribution in [0.5, 0.6) is 0 Å². The number of carbonyl (C=O) groups is 3. The van der Waals surface area contributed by atoms with Gasteiger partial charge in [-0.2, -0.15) is 0 Å². The Bertz CT molecular complexity index is 940. The van der Waals surface area contributed by atoms with Crippen molar-refractivity contribution in [2.75, 3.05) is 6.61 Å². The molecule has 3 saturated heterocycles. The second kappa shape index (κ2) is 9.30. The Hall–Kier alpha value is -2.45. The largest absolute Gasteiger partial charge is 0.394 e. The second-order valence-electron chi connectivity index (χ2n) is 10.4. The molecule has 0 aromatic heterocycles. The number of nitrogens with zero attached hydrogens (tertiary/aromatic N) is 1. The minimum atomic E-state index is -1.07. The third-order valence-corrected chi connectivity index (χ3v) is 7.90. The molecule has 1 aromatic carbocycles. The van der Waals surface area contributed by atoms with Crippen LogP contribution in [0, 0.1) is 11.8 Å². The summed E-state index contributed by atoms with van der Waals surface area (Å²) in [6.07, 6.45) is 2.86. The van der Waals surface area contributed by atoms with Gasteiger partial charge in [0.05, 0.1) is 30.1 Å². The molecule has 3 aliphatic rings. The lowest BCUT2D eigenvalue weighted by Gasteiger charge is -2.36. The smallest absolute Gasteiger partial charge is 0.246 e. The van der Waals surface area contributed by atoms with E-state index in [4.69, 9.17) is 4.74 Å². The van der Waals surface area contributed by atoms with Crippen molar-refractivity contribution in [2.24, 2.45) is 11.8 Å². The number of benzene rings is 1. The van der Waals surface area contributed by atoms with Gasteiger partial charge < -0.3 is 25.4 Å². The van der Waals surface area contributed by atoms with E-state index in [9.17, 15) is 19.5 Å². The zero-order valence-corrected chi connectivity index (χ0v) is 20.5. The van der Waals surface area contributed by atoms with Crippen molar-refractivity contribution < 1.29 is 24.2 Å². The van der Waals surface area contributed by atoms with Crippen LogP contribution in [0.1, 0.15) is 58.9 Å². The highest BCUT2D eigenvalue weighted by Gasteiger charge is 2.78. The first-order valence-corrected chi connectivity index (χ1v) is 12.4. The van der Waals surface area contributed by atoms with E-state index in [0.717, 1.165) is 18.4 Å². The summed E-state index contributed by atoms with van der Waals surface area (Å²) in [6, 6.07) is 8.13. The topological polar surface area (TPSA) is 108 Å². The van der Waals surface area contributed by atoms with Crippen molar-refractivity contribution in [1.29, 1.82) is 0 Å². The van der Waals surface area contributed by atoms with Crippen molar-refractivity contribution in [3.63, 3.8) is 0 Å². The fraction of sp³-hybridized carbons (Fsp3) is 0.654. The molecule has 8 heteroatoms. The predicted octanol–water partition coefficient (Wildman–Crippen LogP) is 1.75. The number of hydrogen-bond donors (Lipinski definition) is 3. The fourth-order valence-electron chi connectivity index (χ4n) is 6.35. The van der Waals surface area contributed by atoms with Gasteiger partial charge in [-0.25, -0.2) is 0 Å². The summed E-state index contributed by atoms with van der Waals surface area (Å²) in [6.45, 7) is 7.69. The van der Waals surface area contributed by atoms with Crippen molar-refractivity contribution in [3.8, 4) is 0 Å². The van der Waals surface area contributed by atoms with Gasteiger partial charge in [0.25, 0.3) is 0 Å². The molecule has 0 radical (unpaired) electrons. The van der Waals surface area contributed by atoms with Crippen LogP contribution in [0.3, 0.4) is 0 Å². The van der Waals surface area contributed by atoms with E-state index in [2.05, 4.69) is 17.6 Å². The molecule has 0 saturated carbocycles. The van der Waals surface area contributed by atoms with Gasteiger partial charge in [-0.15, -0.1) is 0 Å². The number of hydrogen-bond acceptors (Lipinski definition) is 5. The standard InChI is InChI=1S/C26H37N3O5/c1-5-9-16(2)28-23(32)21-26-13-12-25(4,34-26)19(20(26)24(33)29(21)17(3)15-30)22(31)27-14-18-10-7-6-8-11-18/h6-8,10-11,16-17,19-21,30H,5,9,12-15H2,1-4H3,(H,27,31)(H,28,32)/t16?,17-,19-,20+,21?,25+,26?/m1/s1. The highest BCUT2D eigenvalue weighted by Crippen LogP contribution is 2.63. The minimum absolute atomic E-state index is 0.0477. The van der Waals surface area contributed by atoms with Gasteiger partial charge in [-0.3, -0.25) is 14.4 Å². The van der Waals surface area contributed by atoms with E-state index in [1.54, 1.807) is 6.92 Å². The third kappa shape index (κ3) is 3.90. The van der Waals surface area contributed by atoms with Crippen LogP contribution in [0.2, 0.25) is 0 Å². The molecule has 4 rings (SSSR count). The molecule has 7 atom stereocenters. The van der Waals surface area contributed by atoms with Crippen LogP contribution in [-0.2, 0) is 25.7 Å². The molecule has 3 fully saturated rings. The van der Waals surface area contributed by atoms with Crippen LogP contribution < -0.4 is 10.6 Å². The van der Waals surface area contributed by atoms with E-state index < -0.39 is 35.1 Å². The Labute approximate surface area is 201 Å². The molecule has 3 unspecified atom stereocenters. The first-order valence-electron chi connectivity index (χ1n) is 12.4. The van der Waals surface area contributed by atoms with Gasteiger partial charge in [0, 0.05) is 12.6 Å². The summed E-state index contributed by atoms with van der Waals surface area (Å²) in [4.78, 5) is 42.3. The maximum absolute atomic E-state index is 13.8. The van der Waals surface area contributed by atoms with E-state index in [1.165, 1.54) is 4.90 Å². The van der Waals surface area contributed by atoms with Gasteiger partial charge in [-0.05, 0) is 45.6 Å². The fourth-order valence-corrected chi connectivity index (χ4v) is 6.35. The van der Waals surface area contributed by atoms with E-state index in [1.807, 2.05) is 44.2 Å². The number of aliphatic hydroxyl groups excluding tert-OH is 1. The number of likely N-dealkylation sites (tertiary alicyclic amines) is 1. The number of rotatable bonds is 9. The minimum Gasteiger partial charge on any atom is -0.394 e. The summed E-state index contributed by atoms with van der Waals surface area (Å²) in [7, 11) is 0. The van der Waals surface area contributed by atoms with E-state index in [0.29, 0.717) is 19.4 Å². The Morgan fingerprint density at radius 3 is 2.56 bits per heavy atom. The SMILES string of the molecule is CCCC(C)NC(=O)C1N([C@H](C)CO)C(=O)[C@@H]2[C@H](C(=O)NCc3ccccc3)[C@]3(C)CCC12O3. The lowest BCUT2D eigenvalue weighted by molar-refractivity contribution is -0.149. The van der Waals surface area contributed by atoms with Crippen LogP contribution in [0.25, 0.3) is 0 Å². The highest BCUT2D eigenvalue weighted by atomic mass is 16.5. The number of aliphatic hydroxyl groups is 1. The van der Waals surface area contributed by atoms with Crippen molar-refractivity contribution in [2.45, 2.75) is 89.3 Å². The molecule has 8 nitrogen and oxygen atoms in total. The zero-order chi connectivity index (χ0) is 24.7. The molecule has 1 spiro atoms. The predicted molar refractivity (Wildman–Crippen MR) is 126 cm³/mol. The normalized spacial score (nSPS) is 33.5. The van der Waals surface area contributed by atoms with Crippen LogP contribution in [-0.4, -0.2) is 63.7 Å². The Morgan fingerprint density at radius 1 is 1.21 bits per heavy atom. The Kier molecular flexibility index (Phi) is 6.75. The zero-order valence-electron chi connectivity index (χ0n) is 20.5. The van der Waals surface area contributed by atoms with Gasteiger partial charge in [-0.1, -0.05) is 43.7 Å². The Morgan fingerprint density at radius 2 is 1.91 bits per heavy atom. The quantitative estimate of drug-likeness (QED) is 0.509. The average molecular weight is 472 g/mol. The first kappa shape index (κ1) is 24.7. The number of carbonyl (C=O) groups excluding carboxylic acids is 3. The second-order valence-corrected chi connectivity index (χ2v) is 10.4. The lowest BCUT2D eigenvalue weighted by atomic mass is 9.66. The van der Waals surface area contributed by atoms with Gasteiger partial charge in [0.2, 0.25) is 17.7 Å². The molecule has 0 aliphatic carbocycles. The highest BCUT2D eigenvalue weighted by molar-refractivity contribution is 5.99. The number of ether oxygens (including phenoxy) is 1. The van der Waals surface area contributed by atoms with E-state index >= 15 is 0 Å². The van der Waals surface area contributed by atoms with Crippen molar-refractivity contribution >= 4 is 17.7 Å².